The minimum Gasteiger partial charge on any atom is -0.379 e. The number of rotatable bonds is 4. The van der Waals surface area contributed by atoms with E-state index in [-0.39, 0.29) is 5.41 Å². The van der Waals surface area contributed by atoms with Gasteiger partial charge in [0.05, 0.1) is 23.8 Å². The Labute approximate surface area is 161 Å². The molecule has 0 unspecified atom stereocenters. The number of fused-ring (bicyclic) bond motifs is 1. The molecule has 3 heterocycles. The van der Waals surface area contributed by atoms with E-state index in [1.807, 2.05) is 29.8 Å². The summed E-state index contributed by atoms with van der Waals surface area (Å²) in [6, 6.07) is 14.2. The summed E-state index contributed by atoms with van der Waals surface area (Å²) in [5.74, 6) is 1.77. The molecule has 0 amide bonds. The highest BCUT2D eigenvalue weighted by Crippen LogP contribution is 2.37. The summed E-state index contributed by atoms with van der Waals surface area (Å²) in [5.41, 5.74) is 3.90. The number of para-hydroxylation sites is 1. The van der Waals surface area contributed by atoms with Crippen LogP contribution in [0.15, 0.2) is 48.8 Å². The highest BCUT2D eigenvalue weighted by atomic mass is 35.5. The molecule has 136 valence electrons. The second-order valence-corrected chi connectivity index (χ2v) is 7.52. The smallest absolute Gasteiger partial charge is 0.138 e. The van der Waals surface area contributed by atoms with Gasteiger partial charge in [-0.15, -0.1) is 10.2 Å². The minimum absolute atomic E-state index is 0.0829. The number of imidazole rings is 1. The van der Waals surface area contributed by atoms with Crippen molar-refractivity contribution in [2.24, 2.45) is 7.05 Å². The Morgan fingerprint density at radius 1 is 1.22 bits per heavy atom. The summed E-state index contributed by atoms with van der Waals surface area (Å²) in [6.45, 7) is 1.35. The maximum Gasteiger partial charge on any atom is 0.138 e. The molecule has 2 aromatic heterocycles. The van der Waals surface area contributed by atoms with Gasteiger partial charge < -0.3 is 14.3 Å². The van der Waals surface area contributed by atoms with Crippen molar-refractivity contribution in [3.8, 4) is 11.4 Å². The monoisotopic (exact) mass is 379 g/mol. The van der Waals surface area contributed by atoms with Gasteiger partial charge in [0.2, 0.25) is 0 Å². The summed E-state index contributed by atoms with van der Waals surface area (Å²) < 4.78 is 7.56. The van der Waals surface area contributed by atoms with Gasteiger partial charge in [0.15, 0.2) is 0 Å². The van der Waals surface area contributed by atoms with E-state index in [9.17, 15) is 0 Å². The Bertz CT molecular complexity index is 1130. The van der Waals surface area contributed by atoms with E-state index in [1.54, 1.807) is 6.33 Å². The first-order chi connectivity index (χ1) is 13.1. The number of aromatic amines is 1. The van der Waals surface area contributed by atoms with Crippen LogP contribution in [0.5, 0.6) is 0 Å². The molecule has 1 saturated heterocycles. The second-order valence-electron chi connectivity index (χ2n) is 7.11. The molecule has 0 aliphatic carbocycles. The van der Waals surface area contributed by atoms with Crippen molar-refractivity contribution >= 4 is 22.6 Å². The average Bonchev–Trinajstić information content (AvgIpc) is 3.25. The van der Waals surface area contributed by atoms with Crippen molar-refractivity contribution in [3.05, 3.63) is 65.2 Å². The van der Waals surface area contributed by atoms with Gasteiger partial charge in [-0.3, -0.25) is 0 Å². The zero-order valence-corrected chi connectivity index (χ0v) is 15.6. The fourth-order valence-electron chi connectivity index (χ4n) is 3.62. The van der Waals surface area contributed by atoms with Crippen molar-refractivity contribution in [3.63, 3.8) is 0 Å². The van der Waals surface area contributed by atoms with Crippen LogP contribution in [-0.2, 0) is 23.6 Å². The van der Waals surface area contributed by atoms with Gasteiger partial charge >= 0.3 is 0 Å². The first-order valence-electron chi connectivity index (χ1n) is 8.80. The van der Waals surface area contributed by atoms with Crippen molar-refractivity contribution in [2.45, 2.75) is 11.8 Å². The Kier molecular flexibility index (Phi) is 3.77. The number of halogens is 1. The second kappa shape index (κ2) is 6.18. The molecule has 5 rings (SSSR count). The van der Waals surface area contributed by atoms with E-state index >= 15 is 0 Å². The quantitative estimate of drug-likeness (QED) is 0.589. The third-order valence-electron chi connectivity index (χ3n) is 5.27. The van der Waals surface area contributed by atoms with E-state index < -0.39 is 0 Å². The minimum atomic E-state index is -0.0829. The van der Waals surface area contributed by atoms with Crippen molar-refractivity contribution in [1.29, 1.82) is 0 Å². The maximum atomic E-state index is 6.27. The lowest BCUT2D eigenvalue weighted by Gasteiger charge is -2.41. The van der Waals surface area contributed by atoms with E-state index in [0.717, 1.165) is 34.7 Å². The van der Waals surface area contributed by atoms with Crippen LogP contribution in [0.3, 0.4) is 0 Å². The number of hydrogen-bond donors (Lipinski definition) is 1. The summed E-state index contributed by atoms with van der Waals surface area (Å²) in [4.78, 5) is 8.06. The van der Waals surface area contributed by atoms with Crippen molar-refractivity contribution in [1.82, 2.24) is 24.7 Å². The molecule has 0 bridgehead atoms. The fourth-order valence-corrected chi connectivity index (χ4v) is 3.84. The van der Waals surface area contributed by atoms with Crippen LogP contribution in [0.1, 0.15) is 11.4 Å². The zero-order valence-electron chi connectivity index (χ0n) is 14.8. The SMILES string of the molecule is Cn1cnnc1CC1(c2cccc(-c3nc4c(Cl)cccc4[nH]3)c2)COC1. The number of ether oxygens (including phenoxy) is 1. The Hall–Kier alpha value is -2.70. The van der Waals surface area contributed by atoms with Gasteiger partial charge in [-0.2, -0.15) is 0 Å². The Balaban J connectivity index is 1.54. The number of aryl methyl sites for hydroxylation is 1. The van der Waals surface area contributed by atoms with E-state index in [1.165, 1.54) is 5.56 Å². The van der Waals surface area contributed by atoms with Gasteiger partial charge in [-0.25, -0.2) is 4.98 Å². The van der Waals surface area contributed by atoms with Crippen molar-refractivity contribution in [2.75, 3.05) is 13.2 Å². The molecule has 6 nitrogen and oxygen atoms in total. The van der Waals surface area contributed by atoms with Gasteiger partial charge in [-0.1, -0.05) is 35.9 Å². The molecule has 1 aliphatic rings. The predicted molar refractivity (Wildman–Crippen MR) is 104 cm³/mol. The molecule has 1 aliphatic heterocycles. The highest BCUT2D eigenvalue weighted by molar-refractivity contribution is 6.35. The summed E-state index contributed by atoms with van der Waals surface area (Å²) in [5, 5.41) is 8.90. The largest absolute Gasteiger partial charge is 0.379 e. The lowest BCUT2D eigenvalue weighted by atomic mass is 9.75. The van der Waals surface area contributed by atoms with Crippen LogP contribution in [0.25, 0.3) is 22.4 Å². The van der Waals surface area contributed by atoms with Crippen LogP contribution in [-0.4, -0.2) is 37.9 Å². The van der Waals surface area contributed by atoms with Gasteiger partial charge in [-0.05, 0) is 23.8 Å². The summed E-state index contributed by atoms with van der Waals surface area (Å²) in [6.07, 6.45) is 2.52. The maximum absolute atomic E-state index is 6.27. The Morgan fingerprint density at radius 2 is 2.07 bits per heavy atom. The zero-order chi connectivity index (χ0) is 18.4. The average molecular weight is 380 g/mol. The molecule has 0 spiro atoms. The summed E-state index contributed by atoms with van der Waals surface area (Å²) >= 11 is 6.27. The molecule has 0 radical (unpaired) electrons. The van der Waals surface area contributed by atoms with Gasteiger partial charge in [0, 0.05) is 24.4 Å². The van der Waals surface area contributed by atoms with E-state index in [0.29, 0.717) is 18.2 Å². The number of nitrogens with one attached hydrogen (secondary N) is 1. The normalized spacial score (nSPS) is 15.8. The van der Waals surface area contributed by atoms with E-state index in [2.05, 4.69) is 39.4 Å². The molecule has 27 heavy (non-hydrogen) atoms. The van der Waals surface area contributed by atoms with Gasteiger partial charge in [0.25, 0.3) is 0 Å². The van der Waals surface area contributed by atoms with Crippen LogP contribution < -0.4 is 0 Å². The molecule has 7 heteroatoms. The first-order valence-corrected chi connectivity index (χ1v) is 9.18. The molecule has 1 N–H and O–H groups in total. The molecular weight excluding hydrogens is 362 g/mol. The molecule has 2 aromatic carbocycles. The molecule has 1 fully saturated rings. The highest BCUT2D eigenvalue weighted by Gasteiger charge is 2.41. The van der Waals surface area contributed by atoms with Crippen LogP contribution in [0, 0.1) is 0 Å². The van der Waals surface area contributed by atoms with Crippen LogP contribution in [0.2, 0.25) is 5.02 Å². The Morgan fingerprint density at radius 3 is 2.78 bits per heavy atom. The fraction of sp³-hybridized carbons (Fsp3) is 0.250. The van der Waals surface area contributed by atoms with Crippen molar-refractivity contribution < 1.29 is 4.74 Å². The van der Waals surface area contributed by atoms with Crippen LogP contribution in [0.4, 0.5) is 0 Å². The van der Waals surface area contributed by atoms with Crippen LogP contribution >= 0.6 is 11.6 Å². The van der Waals surface area contributed by atoms with E-state index in [4.69, 9.17) is 21.3 Å². The number of hydrogen-bond acceptors (Lipinski definition) is 4. The standard InChI is InChI=1S/C20H18ClN5O/c1-26-12-22-25-17(26)9-20(10-27-11-20)14-5-2-4-13(8-14)19-23-16-7-3-6-15(21)18(16)24-19/h2-8,12H,9-11H2,1H3,(H,23,24). The van der Waals surface area contributed by atoms with Gasteiger partial charge in [0.1, 0.15) is 23.5 Å². The lowest BCUT2D eigenvalue weighted by Crippen LogP contribution is -2.49. The molecular formula is C20H18ClN5O. The first kappa shape index (κ1) is 16.5. The number of benzene rings is 2. The predicted octanol–water partition coefficient (Wildman–Crippen LogP) is 3.52. The third kappa shape index (κ3) is 2.72. The molecule has 4 aromatic rings. The molecule has 0 atom stereocenters. The topological polar surface area (TPSA) is 68.6 Å². The summed E-state index contributed by atoms with van der Waals surface area (Å²) in [7, 11) is 1.97. The number of nitrogens with zero attached hydrogens (tertiary/aromatic N) is 4. The number of aromatic nitrogens is 5. The lowest BCUT2D eigenvalue weighted by molar-refractivity contribution is -0.0611. The number of H-pyrrole nitrogens is 1. The molecule has 0 saturated carbocycles. The third-order valence-corrected chi connectivity index (χ3v) is 5.58.